The number of hydrogen-bond donors (Lipinski definition) is 2. The van der Waals surface area contributed by atoms with Crippen LogP contribution in [0.5, 0.6) is 0 Å². The number of rotatable bonds is 24. The van der Waals surface area contributed by atoms with Crippen LogP contribution < -0.4 is 10.6 Å². The van der Waals surface area contributed by atoms with Crippen molar-refractivity contribution in [2.45, 2.75) is 303 Å². The summed E-state index contributed by atoms with van der Waals surface area (Å²) in [5, 5.41) is 6.23. The topological polar surface area (TPSA) is 40.3 Å². The van der Waals surface area contributed by atoms with Crippen molar-refractivity contribution in [3.8, 4) is 0 Å². The maximum atomic E-state index is 3.16. The molecular formula is C73H175N7. The molecule has 2 atom stereocenters. The van der Waals surface area contributed by atoms with E-state index in [4.69, 9.17) is 0 Å². The van der Waals surface area contributed by atoms with Crippen LogP contribution in [-0.4, -0.2) is 153 Å². The van der Waals surface area contributed by atoms with Gasteiger partial charge in [0.15, 0.2) is 0 Å². The quantitative estimate of drug-likeness (QED) is 0.0934. The summed E-state index contributed by atoms with van der Waals surface area (Å²) in [6.07, 6.45) is 13.6. The van der Waals surface area contributed by atoms with Crippen LogP contribution in [0.3, 0.4) is 0 Å². The van der Waals surface area contributed by atoms with Gasteiger partial charge in [0.25, 0.3) is 0 Å². The van der Waals surface area contributed by atoms with Crippen LogP contribution >= 0.6 is 0 Å². The molecule has 0 radical (unpaired) electrons. The van der Waals surface area contributed by atoms with E-state index in [9.17, 15) is 0 Å². The Labute approximate surface area is 517 Å². The summed E-state index contributed by atoms with van der Waals surface area (Å²) < 4.78 is 0. The summed E-state index contributed by atoms with van der Waals surface area (Å²) in [7, 11) is 25.1. The molecule has 0 amide bonds. The van der Waals surface area contributed by atoms with Crippen LogP contribution in [0.4, 0.5) is 0 Å². The van der Waals surface area contributed by atoms with Crippen molar-refractivity contribution in [2.24, 2.45) is 70.5 Å². The van der Waals surface area contributed by atoms with Crippen LogP contribution in [0.15, 0.2) is 0 Å². The molecule has 7 heteroatoms. The van der Waals surface area contributed by atoms with Gasteiger partial charge in [0.05, 0.1) is 0 Å². The van der Waals surface area contributed by atoms with E-state index in [0.717, 1.165) is 65.7 Å². The first-order valence-corrected chi connectivity index (χ1v) is 33.6. The molecule has 0 saturated carbocycles. The molecule has 0 heterocycles. The van der Waals surface area contributed by atoms with Crippen molar-refractivity contribution >= 4 is 0 Å². The smallest absolute Gasteiger partial charge is 0.0170 e. The minimum atomic E-state index is 0.333. The third kappa shape index (κ3) is 128. The highest BCUT2D eigenvalue weighted by Gasteiger charge is 2.23. The molecule has 0 aromatic carbocycles. The number of hydrogen-bond acceptors (Lipinski definition) is 7. The first kappa shape index (κ1) is 105. The Balaban J connectivity index is -0.0000000730. The van der Waals surface area contributed by atoms with Crippen LogP contribution in [0.1, 0.15) is 286 Å². The molecule has 0 aliphatic carbocycles. The molecule has 0 aliphatic heterocycles. The highest BCUT2D eigenvalue weighted by molar-refractivity contribution is 4.80. The maximum Gasteiger partial charge on any atom is 0.0170 e. The Hall–Kier alpha value is -0.280. The van der Waals surface area contributed by atoms with E-state index in [-0.39, 0.29) is 0 Å². The first-order valence-electron chi connectivity index (χ1n) is 33.6. The third-order valence-corrected chi connectivity index (χ3v) is 14.5. The van der Waals surface area contributed by atoms with Crippen LogP contribution in [0.25, 0.3) is 0 Å². The zero-order valence-electron chi connectivity index (χ0n) is 65.6. The minimum absolute atomic E-state index is 0.333. The van der Waals surface area contributed by atoms with Crippen molar-refractivity contribution in [1.29, 1.82) is 0 Å². The van der Waals surface area contributed by atoms with Gasteiger partial charge in [-0.1, -0.05) is 239 Å². The van der Waals surface area contributed by atoms with E-state index in [1.807, 2.05) is 14.1 Å². The lowest BCUT2D eigenvalue weighted by Gasteiger charge is -2.36. The van der Waals surface area contributed by atoms with Gasteiger partial charge < -0.3 is 35.1 Å². The minimum Gasteiger partial charge on any atom is -0.319 e. The molecule has 2 unspecified atom stereocenters. The van der Waals surface area contributed by atoms with E-state index in [0.29, 0.717) is 29.0 Å². The lowest BCUT2D eigenvalue weighted by molar-refractivity contribution is 0.136. The Bertz CT molecular complexity index is 981. The van der Waals surface area contributed by atoms with Crippen molar-refractivity contribution in [3.05, 3.63) is 0 Å². The zero-order chi connectivity index (χ0) is 66.7. The predicted molar refractivity (Wildman–Crippen MR) is 385 cm³/mol. The summed E-state index contributed by atoms with van der Waals surface area (Å²) in [4.78, 5) is 11.2. The predicted octanol–water partition coefficient (Wildman–Crippen LogP) is 20.9. The second kappa shape index (κ2) is 71.2. The van der Waals surface area contributed by atoms with Gasteiger partial charge in [0, 0.05) is 17.6 Å². The lowest BCUT2D eigenvalue weighted by Crippen LogP contribution is -2.42. The van der Waals surface area contributed by atoms with Gasteiger partial charge in [-0.15, -0.1) is 0 Å². The molecule has 0 fully saturated rings. The highest BCUT2D eigenvalue weighted by Crippen LogP contribution is 2.23. The van der Waals surface area contributed by atoms with E-state index >= 15 is 0 Å². The first-order chi connectivity index (χ1) is 36.0. The van der Waals surface area contributed by atoms with Crippen LogP contribution in [0.2, 0.25) is 0 Å². The lowest BCUT2D eigenvalue weighted by atomic mass is 9.84. The highest BCUT2D eigenvalue weighted by atomic mass is 15.1. The zero-order valence-corrected chi connectivity index (χ0v) is 65.6. The van der Waals surface area contributed by atoms with Gasteiger partial charge in [0.2, 0.25) is 0 Å². The van der Waals surface area contributed by atoms with Crippen molar-refractivity contribution in [3.63, 3.8) is 0 Å². The Morgan fingerprint density at radius 2 is 0.738 bits per heavy atom. The number of unbranched alkanes of at least 4 members (excludes halogenated alkanes) is 2. The SMILES string of the molecule is CC(C)C(C)(C)C.CC(C)C(C)(C)N(C)C.CC(C)C(C)N(C)C.CC(C)CCCN(C)C.CC(C)CCN(C)C.CC(C)CN(C)C.CCC(C)C.CCCC(C)C.CCCCCC(C)C.CNC(C)C(C)C.CNCC(C)C. The van der Waals surface area contributed by atoms with Gasteiger partial charge in [-0.05, 0) is 228 Å². The van der Waals surface area contributed by atoms with E-state index < -0.39 is 0 Å². The molecule has 0 aromatic heterocycles. The van der Waals surface area contributed by atoms with Gasteiger partial charge in [0.1, 0.15) is 0 Å². The molecule has 0 aromatic rings. The largest absolute Gasteiger partial charge is 0.319 e. The van der Waals surface area contributed by atoms with Crippen molar-refractivity contribution < 1.29 is 0 Å². The van der Waals surface area contributed by atoms with Crippen molar-refractivity contribution in [1.82, 2.24) is 35.1 Å². The normalized spacial score (nSPS) is 12.0. The molecule has 0 aliphatic rings. The van der Waals surface area contributed by atoms with Crippen LogP contribution in [0, 0.1) is 70.5 Å². The monoisotopic (exact) mass is 1150 g/mol. The van der Waals surface area contributed by atoms with E-state index in [1.165, 1.54) is 83.8 Å². The summed E-state index contributed by atoms with van der Waals surface area (Å²) in [5.41, 5.74) is 0.833. The van der Waals surface area contributed by atoms with Gasteiger partial charge in [-0.2, -0.15) is 0 Å². The Kier molecular flexibility index (Phi) is 93.1. The molecule has 0 rings (SSSR count). The van der Waals surface area contributed by atoms with E-state index in [2.05, 4.69) is 327 Å². The molecule has 80 heavy (non-hydrogen) atoms. The summed E-state index contributed by atoms with van der Waals surface area (Å²) in [6.45, 7) is 76.5. The summed E-state index contributed by atoms with van der Waals surface area (Å²) >= 11 is 0. The molecule has 502 valence electrons. The third-order valence-electron chi connectivity index (χ3n) is 14.5. The van der Waals surface area contributed by atoms with Gasteiger partial charge in [-0.25, -0.2) is 0 Å². The fourth-order valence-electron chi connectivity index (χ4n) is 5.30. The average molecular weight is 1150 g/mol. The van der Waals surface area contributed by atoms with Crippen molar-refractivity contribution in [2.75, 3.05) is 111 Å². The second-order valence-electron chi connectivity index (χ2n) is 30.3. The molecule has 0 bridgehead atoms. The fraction of sp³-hybridized carbons (Fsp3) is 1.00. The molecule has 7 nitrogen and oxygen atoms in total. The second-order valence-corrected chi connectivity index (χ2v) is 30.3. The van der Waals surface area contributed by atoms with Gasteiger partial charge >= 0.3 is 0 Å². The fourth-order valence-corrected chi connectivity index (χ4v) is 5.30. The number of nitrogens with zero attached hydrogens (tertiary/aromatic N) is 5. The maximum absolute atomic E-state index is 3.16. The molecule has 2 N–H and O–H groups in total. The number of nitrogens with one attached hydrogen (secondary N) is 2. The van der Waals surface area contributed by atoms with E-state index in [1.54, 1.807) is 0 Å². The summed E-state index contributed by atoms with van der Waals surface area (Å²) in [6, 6.07) is 1.36. The average Bonchev–Trinajstić information content (AvgIpc) is 3.28. The van der Waals surface area contributed by atoms with Crippen LogP contribution in [-0.2, 0) is 0 Å². The molecular weight excluding hydrogens is 975 g/mol. The van der Waals surface area contributed by atoms with Gasteiger partial charge in [-0.3, -0.25) is 0 Å². The summed E-state index contributed by atoms with van der Waals surface area (Å²) in [5.74, 6) is 9.02. The molecule has 0 spiro atoms. The Morgan fingerprint density at radius 3 is 0.825 bits per heavy atom. The standard InChI is InChI=1S/2C8H19N.C8H18.2C7H17N.C7H16.2C6H15N.C6H14.C5H13N.C5H12/c1-7(2)8(3,4)9(5)6;1-8(2)6-5-7-9(3)4;1-4-5-6-7-8(2)3;1-7(2)5-6-8(3)4;1-6(2)7(3)8(4)5;1-6(2)7(3,4)5;1-6(2)5-7(3)4;1-5(2)6(3)7-4;1-4-5-6(2)3;1-5(2)4-6-3;1-4-5(2)3/h7H,1-6H3;8H,5-7H2,1-4H3;8H,4-7H2,1-3H3;7H,5-6H2,1-4H3;6-7H,1-5H3;6H,1-5H3;6H,5H2,1-4H3;5-7H,1-4H3;6H,4-5H2,1-3H3;5-6H,4H2,1-3H3;5H,4H2,1-3H3. The molecule has 0 saturated heterocycles. The Morgan fingerprint density at radius 1 is 0.375 bits per heavy atom.